The van der Waals surface area contributed by atoms with Crippen LogP contribution in [0.3, 0.4) is 0 Å². The van der Waals surface area contributed by atoms with Crippen LogP contribution < -0.4 is 16.4 Å². The van der Waals surface area contributed by atoms with Crippen molar-refractivity contribution < 1.29 is 14.0 Å². The molecule has 2 amide bonds. The van der Waals surface area contributed by atoms with Crippen LogP contribution in [-0.2, 0) is 17.8 Å². The third-order valence-corrected chi connectivity index (χ3v) is 4.01. The summed E-state index contributed by atoms with van der Waals surface area (Å²) in [5.74, 6) is -1.35. The average molecular weight is 346 g/mol. The molecule has 0 saturated carbocycles. The summed E-state index contributed by atoms with van der Waals surface area (Å²) in [4.78, 5) is 28.0. The summed E-state index contributed by atoms with van der Waals surface area (Å²) < 4.78 is 14.6. The Morgan fingerprint density at radius 2 is 2.12 bits per heavy atom. The molecule has 4 N–H and O–H groups in total. The number of fused-ring (bicyclic) bond motifs is 1. The number of carbonyl (C=O) groups excluding carboxylic acids is 2. The van der Waals surface area contributed by atoms with Crippen LogP contribution in [0, 0.1) is 11.7 Å². The highest BCUT2D eigenvalue weighted by Gasteiger charge is 2.21. The molecule has 1 unspecified atom stereocenters. The first-order valence-electron chi connectivity index (χ1n) is 8.03. The quantitative estimate of drug-likeness (QED) is 0.696. The Labute approximate surface area is 143 Å². The highest BCUT2D eigenvalue weighted by Crippen LogP contribution is 2.12. The number of nitrogens with one attached hydrogen (secondary N) is 2. The molecule has 1 aliphatic rings. The van der Waals surface area contributed by atoms with Crippen molar-refractivity contribution >= 4 is 17.8 Å². The van der Waals surface area contributed by atoms with Gasteiger partial charge in [-0.3, -0.25) is 9.59 Å². The molecule has 0 fully saturated rings. The molecule has 3 rings (SSSR count). The van der Waals surface area contributed by atoms with E-state index in [1.54, 1.807) is 16.8 Å². The second kappa shape index (κ2) is 7.29. The molecule has 2 aromatic rings. The predicted octanol–water partition coefficient (Wildman–Crippen LogP) is 0.307. The molecular formula is C16H19FN6O2. The second-order valence-electron chi connectivity index (χ2n) is 5.90. The van der Waals surface area contributed by atoms with Crippen molar-refractivity contribution in [1.29, 1.82) is 0 Å². The maximum Gasteiger partial charge on any atom is 0.291 e. The minimum Gasteiger partial charge on any atom is -0.369 e. The van der Waals surface area contributed by atoms with Crippen LogP contribution in [-0.4, -0.2) is 39.7 Å². The first-order valence-corrected chi connectivity index (χ1v) is 8.03. The summed E-state index contributed by atoms with van der Waals surface area (Å²) in [6, 6.07) is 5.81. The van der Waals surface area contributed by atoms with Gasteiger partial charge in [0.05, 0.1) is 5.92 Å². The molecule has 0 spiro atoms. The zero-order chi connectivity index (χ0) is 17.8. The minimum atomic E-state index is -0.607. The van der Waals surface area contributed by atoms with Crippen molar-refractivity contribution in [3.63, 3.8) is 0 Å². The number of nitrogens with two attached hydrogens (primary N) is 1. The largest absolute Gasteiger partial charge is 0.369 e. The highest BCUT2D eigenvalue weighted by molar-refractivity contribution is 5.91. The van der Waals surface area contributed by atoms with Gasteiger partial charge in [-0.2, -0.15) is 4.98 Å². The van der Waals surface area contributed by atoms with E-state index in [0.29, 0.717) is 18.9 Å². The number of anilines is 1. The topological polar surface area (TPSA) is 115 Å². The number of halogens is 1. The summed E-state index contributed by atoms with van der Waals surface area (Å²) in [6.45, 7) is 1.56. The summed E-state index contributed by atoms with van der Waals surface area (Å²) in [6.07, 6.45) is 1.23. The van der Waals surface area contributed by atoms with Crippen LogP contribution >= 0.6 is 0 Å². The number of nitrogens with zero attached hydrogens (tertiary/aromatic N) is 3. The Bertz CT molecular complexity index is 750. The number of aryl methyl sites for hydroxylation is 1. The van der Waals surface area contributed by atoms with Gasteiger partial charge in [0, 0.05) is 19.6 Å². The lowest BCUT2D eigenvalue weighted by Crippen LogP contribution is -2.37. The summed E-state index contributed by atoms with van der Waals surface area (Å²) in [5.41, 5.74) is 6.17. The van der Waals surface area contributed by atoms with E-state index in [4.69, 9.17) is 5.73 Å². The Morgan fingerprint density at radius 1 is 1.36 bits per heavy atom. The van der Waals surface area contributed by atoms with E-state index in [0.717, 1.165) is 18.5 Å². The third-order valence-electron chi connectivity index (χ3n) is 4.01. The monoisotopic (exact) mass is 346 g/mol. The SMILES string of the molecule is NC(=O)C(CNC(=O)c1nc2n(n1)CCCN2)Cc1ccc(F)cc1. The van der Waals surface area contributed by atoms with E-state index < -0.39 is 17.7 Å². The van der Waals surface area contributed by atoms with Crippen molar-refractivity contribution in [2.75, 3.05) is 18.4 Å². The van der Waals surface area contributed by atoms with Crippen molar-refractivity contribution in [2.24, 2.45) is 11.7 Å². The number of benzene rings is 1. The number of rotatable bonds is 6. The second-order valence-corrected chi connectivity index (χ2v) is 5.90. The van der Waals surface area contributed by atoms with E-state index in [1.807, 2.05) is 0 Å². The first-order chi connectivity index (χ1) is 12.0. The van der Waals surface area contributed by atoms with E-state index in [1.165, 1.54) is 12.1 Å². The zero-order valence-corrected chi connectivity index (χ0v) is 13.5. The van der Waals surface area contributed by atoms with Gasteiger partial charge in [-0.25, -0.2) is 9.07 Å². The molecular weight excluding hydrogens is 327 g/mol. The standard InChI is InChI=1S/C16H19FN6O2/c17-12-4-2-10(3-5-12)8-11(13(18)24)9-20-15(25)14-21-16-19-6-1-7-23(16)22-14/h2-5,11H,1,6-9H2,(H2,18,24)(H,20,25)(H,19,21,22). The molecule has 1 atom stereocenters. The lowest BCUT2D eigenvalue weighted by atomic mass is 9.98. The molecule has 1 aromatic carbocycles. The molecule has 0 radical (unpaired) electrons. The number of carbonyl (C=O) groups is 2. The van der Waals surface area contributed by atoms with Crippen LogP contribution in [0.1, 0.15) is 22.6 Å². The summed E-state index contributed by atoms with van der Waals surface area (Å²) >= 11 is 0. The zero-order valence-electron chi connectivity index (χ0n) is 13.5. The fraction of sp³-hybridized carbons (Fsp3) is 0.375. The number of hydrogen-bond donors (Lipinski definition) is 3. The Morgan fingerprint density at radius 3 is 2.80 bits per heavy atom. The lowest BCUT2D eigenvalue weighted by molar-refractivity contribution is -0.121. The highest BCUT2D eigenvalue weighted by atomic mass is 19.1. The van der Waals surface area contributed by atoms with Crippen molar-refractivity contribution in [1.82, 2.24) is 20.1 Å². The van der Waals surface area contributed by atoms with Crippen molar-refractivity contribution in [2.45, 2.75) is 19.4 Å². The van der Waals surface area contributed by atoms with Gasteiger partial charge < -0.3 is 16.4 Å². The molecule has 0 saturated heterocycles. The Hall–Kier alpha value is -2.97. The van der Waals surface area contributed by atoms with Gasteiger partial charge in [-0.15, -0.1) is 5.10 Å². The number of aromatic nitrogens is 3. The van der Waals surface area contributed by atoms with Gasteiger partial charge in [-0.05, 0) is 30.5 Å². The van der Waals surface area contributed by atoms with Crippen molar-refractivity contribution in [3.05, 3.63) is 41.5 Å². The van der Waals surface area contributed by atoms with Gasteiger partial charge in [0.1, 0.15) is 5.82 Å². The van der Waals surface area contributed by atoms with Crippen molar-refractivity contribution in [3.8, 4) is 0 Å². The van der Waals surface area contributed by atoms with Gasteiger partial charge in [0.15, 0.2) is 0 Å². The Kier molecular flexibility index (Phi) is 4.92. The smallest absolute Gasteiger partial charge is 0.291 e. The third kappa shape index (κ3) is 4.11. The van der Waals surface area contributed by atoms with Crippen LogP contribution in [0.15, 0.2) is 24.3 Å². The number of amides is 2. The molecule has 8 nitrogen and oxygen atoms in total. The molecule has 0 bridgehead atoms. The van der Waals surface area contributed by atoms with E-state index in [9.17, 15) is 14.0 Å². The fourth-order valence-corrected chi connectivity index (χ4v) is 2.63. The molecule has 0 aliphatic carbocycles. The van der Waals surface area contributed by atoms with Gasteiger partial charge in [-0.1, -0.05) is 12.1 Å². The average Bonchev–Trinajstić information content (AvgIpc) is 3.04. The first kappa shape index (κ1) is 16.9. The lowest BCUT2D eigenvalue weighted by Gasteiger charge is -2.13. The maximum absolute atomic E-state index is 13.0. The number of primary amides is 1. The molecule has 9 heteroatoms. The molecule has 25 heavy (non-hydrogen) atoms. The normalized spacial score (nSPS) is 14.3. The van der Waals surface area contributed by atoms with Crippen LogP contribution in [0.5, 0.6) is 0 Å². The minimum absolute atomic E-state index is 0.0504. The van der Waals surface area contributed by atoms with Crippen LogP contribution in [0.4, 0.5) is 10.3 Å². The van der Waals surface area contributed by atoms with Gasteiger partial charge in [0.25, 0.3) is 5.91 Å². The molecule has 1 aromatic heterocycles. The summed E-state index contributed by atoms with van der Waals surface area (Å²) in [7, 11) is 0. The van der Waals surface area contributed by atoms with Gasteiger partial charge in [0.2, 0.25) is 17.7 Å². The maximum atomic E-state index is 13.0. The number of hydrogen-bond acceptors (Lipinski definition) is 5. The van der Waals surface area contributed by atoms with E-state index in [-0.39, 0.29) is 18.2 Å². The van der Waals surface area contributed by atoms with Crippen LogP contribution in [0.25, 0.3) is 0 Å². The van der Waals surface area contributed by atoms with E-state index in [2.05, 4.69) is 20.7 Å². The van der Waals surface area contributed by atoms with E-state index >= 15 is 0 Å². The Balaban J connectivity index is 1.60. The predicted molar refractivity (Wildman–Crippen MR) is 88.3 cm³/mol. The van der Waals surface area contributed by atoms with Gasteiger partial charge >= 0.3 is 0 Å². The molecule has 2 heterocycles. The molecule has 1 aliphatic heterocycles. The molecule has 132 valence electrons. The fourth-order valence-electron chi connectivity index (χ4n) is 2.63. The summed E-state index contributed by atoms with van der Waals surface area (Å²) in [5, 5.41) is 9.84. The van der Waals surface area contributed by atoms with Crippen LogP contribution in [0.2, 0.25) is 0 Å².